The van der Waals surface area contributed by atoms with E-state index in [1.807, 2.05) is 148 Å². The fourth-order valence-corrected chi connectivity index (χ4v) is 12.1. The van der Waals surface area contributed by atoms with Gasteiger partial charge in [-0.05, 0) is 228 Å². The lowest BCUT2D eigenvalue weighted by Gasteiger charge is -2.07. The maximum absolute atomic E-state index is 14.3. The molecule has 0 aliphatic rings. The average Bonchev–Trinajstić information content (AvgIpc) is 1.63. The van der Waals surface area contributed by atoms with Crippen molar-refractivity contribution in [3.05, 3.63) is 307 Å². The van der Waals surface area contributed by atoms with Crippen LogP contribution in [0.3, 0.4) is 0 Å². The van der Waals surface area contributed by atoms with Crippen LogP contribution >= 0.6 is 116 Å². The molecule has 0 spiro atoms. The van der Waals surface area contributed by atoms with Crippen molar-refractivity contribution in [3.8, 4) is 40.5 Å². The molecule has 19 nitrogen and oxygen atoms in total. The predicted octanol–water partition coefficient (Wildman–Crippen LogP) is 16.4. The highest BCUT2D eigenvalue weighted by Crippen LogP contribution is 2.29. The largest absolute Gasteiger partial charge is 0.489 e. The molecule has 0 atom stereocenters. The quantitative estimate of drug-likeness (QED) is 0.0275. The number of hydrogen-bond donors (Lipinski definition) is 6. The minimum absolute atomic E-state index is 0.0630. The molecule has 0 fully saturated rings. The third kappa shape index (κ3) is 21.9. The lowest BCUT2D eigenvalue weighted by Crippen LogP contribution is -2.31. The zero-order valence-corrected chi connectivity index (χ0v) is 65.6. The van der Waals surface area contributed by atoms with Gasteiger partial charge in [-0.1, -0.05) is 127 Å². The van der Waals surface area contributed by atoms with Crippen LogP contribution in [0.1, 0.15) is 27.8 Å². The minimum Gasteiger partial charge on any atom is -0.423 e. The normalized spacial score (nSPS) is 10.2. The number of halogens is 10. The zero-order valence-electron chi connectivity index (χ0n) is 54.3. The number of nitrogens with one attached hydrogen (secondary N) is 4. The van der Waals surface area contributed by atoms with Gasteiger partial charge in [0.1, 0.15) is 23.1 Å². The second-order valence-electron chi connectivity index (χ2n) is 21.5. The number of aromatic amines is 2. The number of carbonyl (C=O) groups excluding carboxylic acids is 1. The summed E-state index contributed by atoms with van der Waals surface area (Å²) in [6.45, 7) is 0.142. The number of H-pyrrole nitrogens is 2. The molecule has 13 rings (SSSR count). The molecule has 2 amide bonds. The van der Waals surface area contributed by atoms with Crippen LogP contribution in [-0.4, -0.2) is 58.5 Å². The van der Waals surface area contributed by atoms with Crippen LogP contribution in [0.25, 0.3) is 55.4 Å². The van der Waals surface area contributed by atoms with Gasteiger partial charge in [0, 0.05) is 58.7 Å². The fourth-order valence-electron chi connectivity index (χ4n) is 9.59. The van der Waals surface area contributed by atoms with Crippen LogP contribution < -0.4 is 33.2 Å². The molecule has 0 bridgehead atoms. The minimum atomic E-state index is -1.56. The number of urea groups is 1. The Morgan fingerprint density at radius 2 is 1.01 bits per heavy atom. The Kier molecular flexibility index (Phi) is 30.5. The summed E-state index contributed by atoms with van der Waals surface area (Å²) in [4.78, 5) is 61.7. The number of amides is 2. The van der Waals surface area contributed by atoms with Crippen molar-refractivity contribution in [2.45, 2.75) is 11.9 Å². The van der Waals surface area contributed by atoms with Gasteiger partial charge in [0.05, 0.1) is 80.2 Å². The number of rotatable bonds is 8. The molecule has 3 aromatic heterocycles. The molecule has 0 saturated carbocycles. The van der Waals surface area contributed by atoms with E-state index < -0.39 is 24.8 Å². The topological polar surface area (TPSA) is 285 Å². The highest BCUT2D eigenvalue weighted by Gasteiger charge is 2.17. The van der Waals surface area contributed by atoms with Crippen molar-refractivity contribution in [2.24, 2.45) is 26.3 Å². The summed E-state index contributed by atoms with van der Waals surface area (Å²) in [6.07, 6.45) is 0. The maximum Gasteiger partial charge on any atom is 0.489 e. The average molecular weight is 1920 g/mol. The Hall–Kier alpha value is -9.32. The van der Waals surface area contributed by atoms with Crippen LogP contribution in [0.15, 0.2) is 229 Å². The molecule has 6 N–H and O–H groups in total. The standard InChI is InChI=1S/C22H15BrFN3O.C15H11N3O.C8H8FIN2O.C8H7IN2O.C7H6BNO2.C7H5Br2F.C6H3FINO/c1-26-21-10-14(18-5-3-2-4-15(18)12-25)7-9-20(21)27(22(26)28)13-16-6-8-17(23)11-19(16)24;1-18-14-8-10(6-7-13(14)17-15(18)19)12-5-3-2-4-11(12)9-16;1-11-8(13)12-7-3-2-5(10)4-6(7)9;1-11-7-4-5(9)2-3-6(7)10-8(11)12;9-5-6-3-1-2-4-7(6)8(10)11;8-4-5-1-2-6(9)3-7(5)10;7-5-3-4(8)1-2-6(5)9-10/h2-11H,13H2,1H3;2-8H,1H3,(H,17,19);2-4H,1H3,(H2,11,12,13);2-4H,1H3,(H,10,12);1-4,10-11H;1-3H,4H2;1-3H. The summed E-state index contributed by atoms with van der Waals surface area (Å²) < 4.78 is 63.1. The first kappa shape index (κ1) is 81.0. The monoisotopic (exact) mass is 1920 g/mol. The van der Waals surface area contributed by atoms with Crippen molar-refractivity contribution in [3.63, 3.8) is 0 Å². The van der Waals surface area contributed by atoms with E-state index in [9.17, 15) is 46.9 Å². The predicted molar refractivity (Wildman–Crippen MR) is 430 cm³/mol. The number of aromatic nitrogens is 6. The number of fused-ring (bicyclic) bond motifs is 3. The molecule has 522 valence electrons. The highest BCUT2D eigenvalue weighted by atomic mass is 127. The number of nitroso groups, excluding NO2 is 1. The van der Waals surface area contributed by atoms with Crippen LogP contribution in [0.4, 0.5) is 33.7 Å². The fraction of sp³-hybridized carbons (Fsp3) is 0.0822. The van der Waals surface area contributed by atoms with Gasteiger partial charge in [-0.2, -0.15) is 15.8 Å². The van der Waals surface area contributed by atoms with E-state index in [2.05, 4.69) is 108 Å². The number of alkyl halides is 1. The lowest BCUT2D eigenvalue weighted by atomic mass is 9.77. The van der Waals surface area contributed by atoms with Crippen LogP contribution in [0.5, 0.6) is 0 Å². The van der Waals surface area contributed by atoms with E-state index >= 15 is 0 Å². The molecule has 30 heteroatoms. The number of nitriles is 3. The number of hydrogen-bond acceptors (Lipinski definition) is 11. The summed E-state index contributed by atoms with van der Waals surface area (Å²) in [5.74, 6) is -1.54. The van der Waals surface area contributed by atoms with Gasteiger partial charge in [-0.15, -0.1) is 4.91 Å². The van der Waals surface area contributed by atoms with Crippen LogP contribution in [-0.2, 0) is 33.0 Å². The summed E-state index contributed by atoms with van der Waals surface area (Å²) >= 11 is 15.8. The number of aryl methyl sites for hydroxylation is 3. The summed E-state index contributed by atoms with van der Waals surface area (Å²) in [6, 6.07) is 62.8. The van der Waals surface area contributed by atoms with E-state index in [0.29, 0.717) is 43.1 Å². The van der Waals surface area contributed by atoms with Gasteiger partial charge in [0.25, 0.3) is 0 Å². The molecule has 3 heterocycles. The van der Waals surface area contributed by atoms with Gasteiger partial charge < -0.3 is 30.6 Å². The summed E-state index contributed by atoms with van der Waals surface area (Å²) in [5.41, 5.74) is 10.9. The van der Waals surface area contributed by atoms with E-state index in [0.717, 1.165) is 65.0 Å². The highest BCUT2D eigenvalue weighted by molar-refractivity contribution is 14.1. The number of anilines is 1. The number of imidazole rings is 3. The first-order valence-corrected chi connectivity index (χ1v) is 35.9. The van der Waals surface area contributed by atoms with Crippen molar-refractivity contribution in [1.82, 2.24) is 33.6 Å². The van der Waals surface area contributed by atoms with Gasteiger partial charge in [-0.3, -0.25) is 18.3 Å². The zero-order chi connectivity index (χ0) is 75.2. The molecule has 0 radical (unpaired) electrons. The smallest absolute Gasteiger partial charge is 0.423 e. The Balaban J connectivity index is 0.000000175. The van der Waals surface area contributed by atoms with E-state index in [-0.39, 0.29) is 52.1 Å². The molecule has 10 aromatic carbocycles. The molecular formula is C73H55BBr3F4I3N12O7. The second kappa shape index (κ2) is 38.8. The molecule has 103 heavy (non-hydrogen) atoms. The first-order chi connectivity index (χ1) is 49.2. The van der Waals surface area contributed by atoms with Crippen LogP contribution in [0.2, 0.25) is 0 Å². The maximum atomic E-state index is 14.3. The van der Waals surface area contributed by atoms with E-state index in [4.69, 9.17) is 20.6 Å². The number of nitrogens with zero attached hydrogens (tertiary/aromatic N) is 8. The third-order valence-electron chi connectivity index (χ3n) is 14.9. The van der Waals surface area contributed by atoms with Gasteiger partial charge in [0.2, 0.25) is 0 Å². The molecule has 13 aromatic rings. The Morgan fingerprint density at radius 1 is 0.544 bits per heavy atom. The summed E-state index contributed by atoms with van der Waals surface area (Å²) in [5, 5.41) is 52.2. The van der Waals surface area contributed by atoms with Gasteiger partial charge in [0.15, 0.2) is 5.82 Å². The van der Waals surface area contributed by atoms with Crippen molar-refractivity contribution in [1.29, 1.82) is 15.8 Å². The van der Waals surface area contributed by atoms with Gasteiger partial charge in [-0.25, -0.2) is 36.7 Å². The van der Waals surface area contributed by atoms with Crippen molar-refractivity contribution in [2.75, 3.05) is 12.4 Å². The van der Waals surface area contributed by atoms with E-state index in [1.165, 1.54) is 55.6 Å². The second-order valence-corrected chi connectivity index (χ2v) is 27.6. The molecular weight excluding hydrogens is 1860 g/mol. The molecule has 0 aliphatic carbocycles. The summed E-state index contributed by atoms with van der Waals surface area (Å²) in [7, 11) is 5.09. The van der Waals surface area contributed by atoms with Crippen molar-refractivity contribution < 1.29 is 32.4 Å². The van der Waals surface area contributed by atoms with Crippen LogP contribution in [0, 0.1) is 72.9 Å². The number of carbonyl (C=O) groups is 1. The van der Waals surface area contributed by atoms with Gasteiger partial charge >= 0.3 is 30.2 Å². The first-order valence-electron chi connectivity index (χ1n) is 30.0. The molecule has 0 unspecified atom stereocenters. The molecule has 0 aliphatic heterocycles. The SMILES string of the molecule is CNC(=O)Nc1ccc(I)cc1F.Cn1c(=O)[nH]c2ccc(-c3ccccc3C#N)cc21.Cn1c(=O)[nH]c2ccc(I)cc21.Cn1c(=O)n(Cc2ccc(Br)cc2F)c2ccc(-c3ccccc3C#N)cc21.Fc1cc(Br)ccc1CBr.N#Cc1ccccc1B(O)O.O=Nc1ccc(I)cc1F. The number of benzene rings is 10. The lowest BCUT2D eigenvalue weighted by molar-refractivity contribution is 0.254. The van der Waals surface area contributed by atoms with E-state index in [1.54, 1.807) is 94.0 Å². The Labute approximate surface area is 652 Å². The third-order valence-corrected chi connectivity index (χ3v) is 18.5. The van der Waals surface area contributed by atoms with Crippen molar-refractivity contribution >= 4 is 179 Å². The molecule has 0 saturated heterocycles. The Bertz CT molecular complexity index is 5580. The Morgan fingerprint density at radius 3 is 1.50 bits per heavy atom.